The molecule has 2 aromatic heterocycles. The lowest BCUT2D eigenvalue weighted by molar-refractivity contribution is -0.274. The van der Waals surface area contributed by atoms with Crippen LogP contribution in [0.5, 0.6) is 5.75 Å². The molecule has 13 heteroatoms. The minimum absolute atomic E-state index is 0.255. The number of aryl methyl sites for hydroxylation is 1. The van der Waals surface area contributed by atoms with E-state index in [9.17, 15) is 18.7 Å². The fraction of sp³-hybridized carbons (Fsp3) is 0.105. The van der Waals surface area contributed by atoms with Crippen molar-refractivity contribution < 1.29 is 22.7 Å². The summed E-state index contributed by atoms with van der Waals surface area (Å²) in [7, 11) is 1.74. The van der Waals surface area contributed by atoms with Crippen LogP contribution in [0.15, 0.2) is 60.5 Å². The number of amidine groups is 1. The van der Waals surface area contributed by atoms with Crippen LogP contribution in [0.25, 0.3) is 43.8 Å². The molecule has 2 aromatic carbocycles. The Morgan fingerprint density at radius 3 is 2.50 bits per heavy atom. The smallest absolute Gasteiger partial charge is 0.497 e. The molecule has 0 aliphatic heterocycles. The second-order valence-electron chi connectivity index (χ2n) is 6.53. The zero-order chi connectivity index (χ0) is 22.9. The van der Waals surface area contributed by atoms with Gasteiger partial charge in [0.15, 0.2) is 0 Å². The van der Waals surface area contributed by atoms with Gasteiger partial charge in [-0.3, -0.25) is 4.79 Å². The zero-order valence-electron chi connectivity index (χ0n) is 16.3. The molecule has 0 bridgehead atoms. The highest BCUT2D eigenvalue weighted by molar-refractivity contribution is 6.09. The van der Waals surface area contributed by atoms with Gasteiger partial charge < -0.3 is 19.4 Å². The summed E-state index contributed by atoms with van der Waals surface area (Å²) >= 11 is 0. The predicted molar refractivity (Wildman–Crippen MR) is 107 cm³/mol. The standard InChI is InChI=1S/C19H12F3N9O/c1-30-10-26-15-13(11-2-4-12(5-3-11)32-19(20,21)22)8-14(18(27-23)28-29-24)16(17(15)30)31-7-6-25-9-31/h2-10H,1H3. The van der Waals surface area contributed by atoms with E-state index in [1.807, 2.05) is 0 Å². The van der Waals surface area contributed by atoms with Gasteiger partial charge in [-0.1, -0.05) is 12.1 Å². The minimum atomic E-state index is -4.81. The maximum absolute atomic E-state index is 12.5. The molecule has 32 heavy (non-hydrogen) atoms. The summed E-state index contributed by atoms with van der Waals surface area (Å²) < 4.78 is 44.7. The van der Waals surface area contributed by atoms with Gasteiger partial charge in [-0.05, 0) is 23.8 Å². The van der Waals surface area contributed by atoms with E-state index in [0.717, 1.165) is 0 Å². The van der Waals surface area contributed by atoms with Gasteiger partial charge in [0.25, 0.3) is 0 Å². The molecule has 160 valence electrons. The number of halogens is 3. The number of alkyl halides is 3. The van der Waals surface area contributed by atoms with Gasteiger partial charge in [0.1, 0.15) is 11.3 Å². The Kier molecular flexibility index (Phi) is 5.11. The summed E-state index contributed by atoms with van der Waals surface area (Å²) in [6.45, 7) is 0. The predicted octanol–water partition coefficient (Wildman–Crippen LogP) is 4.61. The molecule has 2 heterocycles. The normalized spacial score (nSPS) is 11.1. The van der Waals surface area contributed by atoms with E-state index in [-0.39, 0.29) is 17.1 Å². The third kappa shape index (κ3) is 3.76. The van der Waals surface area contributed by atoms with Crippen molar-refractivity contribution in [1.82, 2.24) is 19.1 Å². The number of imidazole rings is 2. The monoisotopic (exact) mass is 439 g/mol. The van der Waals surface area contributed by atoms with Crippen LogP contribution < -0.4 is 4.74 Å². The SMILES string of the molecule is Cn1cnc2c(-c3ccc(OC(F)(F)F)cc3)cc(C(N=[N+]=[N-])=[N+]=[N-])c(-n3ccnc3)c21. The van der Waals surface area contributed by atoms with Gasteiger partial charge >= 0.3 is 17.3 Å². The molecule has 0 saturated heterocycles. The first-order valence-corrected chi connectivity index (χ1v) is 8.92. The topological polar surface area (TPSA) is 130 Å². The van der Waals surface area contributed by atoms with Gasteiger partial charge in [0.05, 0.1) is 29.4 Å². The third-order valence-corrected chi connectivity index (χ3v) is 4.60. The largest absolute Gasteiger partial charge is 0.573 e. The Morgan fingerprint density at radius 1 is 1.16 bits per heavy atom. The van der Waals surface area contributed by atoms with E-state index in [1.165, 1.54) is 30.6 Å². The Bertz CT molecular complexity index is 1390. The number of ether oxygens (including phenoxy) is 1. The molecule has 10 nitrogen and oxygen atoms in total. The van der Waals surface area contributed by atoms with Crippen molar-refractivity contribution in [3.63, 3.8) is 0 Å². The Morgan fingerprint density at radius 2 is 1.91 bits per heavy atom. The Labute approximate surface area is 177 Å². The average molecular weight is 439 g/mol. The summed E-state index contributed by atoms with van der Waals surface area (Å²) in [5, 5.41) is 3.47. The molecule has 0 atom stereocenters. The quantitative estimate of drug-likeness (QED) is 0.151. The molecule has 0 aliphatic carbocycles. The number of fused-ring (bicyclic) bond motifs is 1. The number of benzene rings is 2. The highest BCUT2D eigenvalue weighted by Gasteiger charge is 2.31. The number of aromatic nitrogens is 4. The van der Waals surface area contributed by atoms with Crippen molar-refractivity contribution >= 4 is 16.9 Å². The third-order valence-electron chi connectivity index (χ3n) is 4.60. The Hall–Kier alpha value is -4.60. The molecule has 0 aliphatic rings. The summed E-state index contributed by atoms with van der Waals surface area (Å²) in [6, 6.07) is 6.81. The molecule has 0 amide bonds. The summed E-state index contributed by atoms with van der Waals surface area (Å²) in [6.07, 6.45) is 1.46. The van der Waals surface area contributed by atoms with E-state index >= 15 is 0 Å². The second-order valence-corrected chi connectivity index (χ2v) is 6.53. The highest BCUT2D eigenvalue weighted by Crippen LogP contribution is 2.36. The molecule has 0 N–H and O–H groups in total. The molecule has 0 radical (unpaired) electrons. The number of azide groups is 1. The first kappa shape index (κ1) is 20.7. The molecule has 0 spiro atoms. The van der Waals surface area contributed by atoms with Gasteiger partial charge in [-0.2, -0.15) is 0 Å². The molecule has 4 rings (SSSR count). The van der Waals surface area contributed by atoms with E-state index < -0.39 is 6.36 Å². The van der Waals surface area contributed by atoms with Crippen molar-refractivity contribution in [2.75, 3.05) is 0 Å². The van der Waals surface area contributed by atoms with Crippen LogP contribution in [0.4, 0.5) is 13.2 Å². The van der Waals surface area contributed by atoms with E-state index in [4.69, 9.17) is 5.53 Å². The number of hydrogen-bond acceptors (Lipinski definition) is 3. The lowest BCUT2D eigenvalue weighted by Gasteiger charge is -2.13. The van der Waals surface area contributed by atoms with Crippen molar-refractivity contribution in [3.05, 3.63) is 76.9 Å². The summed E-state index contributed by atoms with van der Waals surface area (Å²) in [5.41, 5.74) is 21.3. The fourth-order valence-corrected chi connectivity index (χ4v) is 3.36. The Balaban J connectivity index is 2.00. The van der Waals surface area contributed by atoms with Gasteiger partial charge in [0, 0.05) is 30.5 Å². The van der Waals surface area contributed by atoms with Crippen LogP contribution >= 0.6 is 0 Å². The van der Waals surface area contributed by atoms with Crippen molar-refractivity contribution in [2.45, 2.75) is 6.36 Å². The van der Waals surface area contributed by atoms with Crippen LogP contribution in [0.1, 0.15) is 5.56 Å². The van der Waals surface area contributed by atoms with Crippen LogP contribution in [0, 0.1) is 0 Å². The molecular weight excluding hydrogens is 427 g/mol. The van der Waals surface area contributed by atoms with E-state index in [0.29, 0.717) is 27.8 Å². The average Bonchev–Trinajstić information content (AvgIpc) is 3.41. The lowest BCUT2D eigenvalue weighted by Crippen LogP contribution is -2.16. The van der Waals surface area contributed by atoms with Crippen LogP contribution in [0.3, 0.4) is 0 Å². The summed E-state index contributed by atoms with van der Waals surface area (Å²) in [4.78, 5) is 14.3. The minimum Gasteiger partial charge on any atom is -0.497 e. The number of rotatable bonds is 4. The first-order chi connectivity index (χ1) is 15.3. The van der Waals surface area contributed by atoms with Crippen LogP contribution in [-0.4, -0.2) is 36.1 Å². The van der Waals surface area contributed by atoms with Gasteiger partial charge in [-0.15, -0.1) is 13.2 Å². The van der Waals surface area contributed by atoms with E-state index in [1.54, 1.807) is 41.0 Å². The van der Waals surface area contributed by atoms with Crippen LogP contribution in [-0.2, 0) is 7.05 Å². The van der Waals surface area contributed by atoms with Crippen molar-refractivity contribution in [1.29, 1.82) is 0 Å². The van der Waals surface area contributed by atoms with Crippen LogP contribution in [0.2, 0.25) is 0 Å². The molecule has 4 aromatic rings. The van der Waals surface area contributed by atoms with Crippen molar-refractivity contribution in [2.24, 2.45) is 12.2 Å². The highest BCUT2D eigenvalue weighted by atomic mass is 19.4. The molecular formula is C19H12F3N9O. The fourth-order valence-electron chi connectivity index (χ4n) is 3.36. The molecule has 0 unspecified atom stereocenters. The maximum atomic E-state index is 12.5. The maximum Gasteiger partial charge on any atom is 0.573 e. The van der Waals surface area contributed by atoms with Crippen molar-refractivity contribution in [3.8, 4) is 22.6 Å². The zero-order valence-corrected chi connectivity index (χ0v) is 16.3. The van der Waals surface area contributed by atoms with E-state index in [2.05, 4.69) is 29.5 Å². The number of nitrogens with zero attached hydrogens (tertiary/aromatic N) is 9. The van der Waals surface area contributed by atoms with Gasteiger partial charge in [-0.25, -0.2) is 9.97 Å². The second kappa shape index (κ2) is 7.91. The lowest BCUT2D eigenvalue weighted by atomic mass is 9.98. The summed E-state index contributed by atoms with van der Waals surface area (Å²) in [5.74, 6) is -0.682. The first-order valence-electron chi connectivity index (χ1n) is 8.92. The van der Waals surface area contributed by atoms with Gasteiger partial charge in [0.2, 0.25) is 4.91 Å². The molecule has 0 fully saturated rings. The number of hydrogen-bond donors (Lipinski definition) is 0. The molecule has 0 saturated carbocycles.